The Kier molecular flexibility index (Phi) is 6.12. The minimum absolute atomic E-state index is 0.145. The number of hydrogen-bond acceptors (Lipinski definition) is 3. The van der Waals surface area contributed by atoms with E-state index in [1.165, 1.54) is 30.3 Å². The monoisotopic (exact) mass is 405 g/mol. The number of fused-ring (bicyclic) bond motifs is 1. The summed E-state index contributed by atoms with van der Waals surface area (Å²) in [5.41, 5.74) is 0.0248. The Balaban J connectivity index is 1.76. The highest BCUT2D eigenvalue weighted by atomic mass is 19.4. The molecule has 0 saturated heterocycles. The molecule has 0 radical (unpaired) electrons. The fraction of sp³-hybridized carbons (Fsp3) is 0.238. The molecule has 4 nitrogen and oxygen atoms in total. The number of carbonyl (C=O) groups excluding carboxylic acids is 1. The number of carbonyl (C=O) groups is 1. The van der Waals surface area contributed by atoms with E-state index in [4.69, 9.17) is 0 Å². The largest absolute Gasteiger partial charge is 0.418 e. The smallest absolute Gasteiger partial charge is 0.324 e. The molecule has 1 N–H and O–H groups in total. The molecule has 0 spiro atoms. The van der Waals surface area contributed by atoms with Gasteiger partial charge in [-0.2, -0.15) is 13.2 Å². The van der Waals surface area contributed by atoms with Crippen LogP contribution in [0.5, 0.6) is 0 Å². The van der Waals surface area contributed by atoms with E-state index >= 15 is 0 Å². The molecular formula is C21H19F4N3O. The molecule has 29 heavy (non-hydrogen) atoms. The average molecular weight is 405 g/mol. The first kappa shape index (κ1) is 20.7. The normalized spacial score (nSPS) is 11.8. The number of hydrogen-bond donors (Lipinski definition) is 1. The number of rotatable bonds is 6. The number of pyridine rings is 1. The number of amides is 1. The van der Waals surface area contributed by atoms with E-state index in [2.05, 4.69) is 10.3 Å². The van der Waals surface area contributed by atoms with Crippen molar-refractivity contribution in [2.45, 2.75) is 19.6 Å². The molecule has 0 aliphatic rings. The second kappa shape index (κ2) is 8.57. The molecule has 0 saturated carbocycles. The van der Waals surface area contributed by atoms with Gasteiger partial charge in [-0.25, -0.2) is 4.39 Å². The summed E-state index contributed by atoms with van der Waals surface area (Å²) in [6.45, 7) is 2.34. The number of halogens is 4. The Morgan fingerprint density at radius 1 is 1.14 bits per heavy atom. The Hall–Kier alpha value is -3.00. The second-order valence-corrected chi connectivity index (χ2v) is 6.53. The van der Waals surface area contributed by atoms with E-state index in [1.807, 2.05) is 6.92 Å². The van der Waals surface area contributed by atoms with Crippen molar-refractivity contribution >= 4 is 22.5 Å². The molecule has 0 aliphatic heterocycles. The molecule has 8 heteroatoms. The van der Waals surface area contributed by atoms with Gasteiger partial charge in [0.2, 0.25) is 5.91 Å². The fourth-order valence-electron chi connectivity index (χ4n) is 3.10. The summed E-state index contributed by atoms with van der Waals surface area (Å²) in [5, 5.41) is 2.97. The second-order valence-electron chi connectivity index (χ2n) is 6.53. The first-order valence-corrected chi connectivity index (χ1v) is 8.99. The summed E-state index contributed by atoms with van der Waals surface area (Å²) < 4.78 is 53.2. The van der Waals surface area contributed by atoms with Crippen LogP contribution in [0.4, 0.5) is 23.2 Å². The lowest BCUT2D eigenvalue weighted by atomic mass is 10.1. The molecule has 0 aliphatic carbocycles. The first-order valence-electron chi connectivity index (χ1n) is 8.99. The topological polar surface area (TPSA) is 45.2 Å². The number of anilines is 1. The zero-order valence-corrected chi connectivity index (χ0v) is 15.6. The number of nitrogens with zero attached hydrogens (tertiary/aromatic N) is 2. The predicted octanol–water partition coefficient (Wildman–Crippen LogP) is 4.85. The average Bonchev–Trinajstić information content (AvgIpc) is 2.66. The highest BCUT2D eigenvalue weighted by Gasteiger charge is 2.33. The van der Waals surface area contributed by atoms with Gasteiger partial charge in [-0.05, 0) is 42.4 Å². The molecular weight excluding hydrogens is 386 g/mol. The molecule has 3 rings (SSSR count). The summed E-state index contributed by atoms with van der Waals surface area (Å²) >= 11 is 0. The molecule has 0 unspecified atom stereocenters. The van der Waals surface area contributed by atoms with Crippen LogP contribution in [0.3, 0.4) is 0 Å². The molecule has 1 amide bonds. The van der Waals surface area contributed by atoms with Gasteiger partial charge >= 0.3 is 6.18 Å². The van der Waals surface area contributed by atoms with Gasteiger partial charge in [0.15, 0.2) is 0 Å². The molecule has 152 valence electrons. The van der Waals surface area contributed by atoms with Crippen molar-refractivity contribution in [3.8, 4) is 0 Å². The van der Waals surface area contributed by atoms with E-state index in [0.29, 0.717) is 23.0 Å². The molecule has 2 aromatic carbocycles. The molecule has 0 atom stereocenters. The van der Waals surface area contributed by atoms with Crippen LogP contribution in [0.15, 0.2) is 54.7 Å². The van der Waals surface area contributed by atoms with Gasteiger partial charge in [0.25, 0.3) is 0 Å². The molecule has 3 aromatic rings. The number of alkyl halides is 3. The summed E-state index contributed by atoms with van der Waals surface area (Å²) in [6.07, 6.45) is -2.97. The maximum atomic E-state index is 13.9. The summed E-state index contributed by atoms with van der Waals surface area (Å²) in [7, 11) is 0. The van der Waals surface area contributed by atoms with Gasteiger partial charge in [-0.1, -0.05) is 25.1 Å². The van der Waals surface area contributed by atoms with Crippen molar-refractivity contribution in [3.63, 3.8) is 0 Å². The number of benzene rings is 2. The Bertz CT molecular complexity index is 1020. The minimum Gasteiger partial charge on any atom is -0.324 e. The summed E-state index contributed by atoms with van der Waals surface area (Å²) in [4.78, 5) is 18.4. The summed E-state index contributed by atoms with van der Waals surface area (Å²) in [6, 6.07) is 11.0. The van der Waals surface area contributed by atoms with E-state index in [9.17, 15) is 22.4 Å². The van der Waals surface area contributed by atoms with Gasteiger partial charge in [-0.15, -0.1) is 0 Å². The Morgan fingerprint density at radius 3 is 2.62 bits per heavy atom. The molecule has 0 bridgehead atoms. The lowest BCUT2D eigenvalue weighted by molar-refractivity contribution is -0.137. The SMILES string of the molecule is CCN(CC(=O)Nc1ccccc1C(F)(F)F)Cc1cc(F)cc2cccnc12. The fourth-order valence-corrected chi connectivity index (χ4v) is 3.10. The van der Waals surface area contributed by atoms with Gasteiger partial charge in [0.1, 0.15) is 5.82 Å². The summed E-state index contributed by atoms with van der Waals surface area (Å²) in [5.74, 6) is -1.00. The van der Waals surface area contributed by atoms with Crippen LogP contribution in [0.2, 0.25) is 0 Å². The molecule has 0 fully saturated rings. The van der Waals surface area contributed by atoms with Crippen LogP contribution in [-0.4, -0.2) is 28.9 Å². The Morgan fingerprint density at radius 2 is 1.90 bits per heavy atom. The van der Waals surface area contributed by atoms with E-state index in [1.54, 1.807) is 23.2 Å². The highest BCUT2D eigenvalue weighted by molar-refractivity contribution is 5.93. The van der Waals surface area contributed by atoms with Crippen LogP contribution in [-0.2, 0) is 17.5 Å². The first-order chi connectivity index (χ1) is 13.8. The number of nitrogens with one attached hydrogen (secondary N) is 1. The quantitative estimate of drug-likeness (QED) is 0.596. The highest BCUT2D eigenvalue weighted by Crippen LogP contribution is 2.34. The van der Waals surface area contributed by atoms with E-state index in [0.717, 1.165) is 6.07 Å². The van der Waals surface area contributed by atoms with Crippen molar-refractivity contribution in [2.75, 3.05) is 18.4 Å². The third-order valence-corrected chi connectivity index (χ3v) is 4.46. The Labute approximate surface area is 165 Å². The lowest BCUT2D eigenvalue weighted by Gasteiger charge is -2.21. The van der Waals surface area contributed by atoms with Crippen LogP contribution >= 0.6 is 0 Å². The van der Waals surface area contributed by atoms with Crippen molar-refractivity contribution in [3.05, 3.63) is 71.7 Å². The van der Waals surface area contributed by atoms with Gasteiger partial charge in [0, 0.05) is 18.1 Å². The zero-order chi connectivity index (χ0) is 21.0. The lowest BCUT2D eigenvalue weighted by Crippen LogP contribution is -2.33. The van der Waals surface area contributed by atoms with Crippen molar-refractivity contribution in [2.24, 2.45) is 0 Å². The standard InChI is InChI=1S/C21H19F4N3O/c1-2-28(12-15-11-16(22)10-14-6-5-9-26-20(14)15)13-19(29)27-18-8-4-3-7-17(18)21(23,24)25/h3-11H,2,12-13H2,1H3,(H,27,29). The van der Waals surface area contributed by atoms with Crippen molar-refractivity contribution in [1.82, 2.24) is 9.88 Å². The van der Waals surface area contributed by atoms with E-state index < -0.39 is 23.5 Å². The molecule has 1 heterocycles. The maximum absolute atomic E-state index is 13.9. The van der Waals surface area contributed by atoms with Crippen molar-refractivity contribution < 1.29 is 22.4 Å². The number of likely N-dealkylation sites (N-methyl/N-ethyl adjacent to an activating group) is 1. The van der Waals surface area contributed by atoms with E-state index in [-0.39, 0.29) is 18.8 Å². The minimum atomic E-state index is -4.57. The number of aromatic nitrogens is 1. The predicted molar refractivity (Wildman–Crippen MR) is 103 cm³/mol. The van der Waals surface area contributed by atoms with Crippen LogP contribution in [0.1, 0.15) is 18.1 Å². The number of para-hydroxylation sites is 1. The third-order valence-electron chi connectivity index (χ3n) is 4.46. The van der Waals surface area contributed by atoms with Crippen molar-refractivity contribution in [1.29, 1.82) is 0 Å². The van der Waals surface area contributed by atoms with Crippen LogP contribution in [0.25, 0.3) is 10.9 Å². The molecule has 1 aromatic heterocycles. The third kappa shape index (κ3) is 5.08. The van der Waals surface area contributed by atoms with Gasteiger partial charge < -0.3 is 5.32 Å². The van der Waals surface area contributed by atoms with Crippen LogP contribution in [0, 0.1) is 5.82 Å². The van der Waals surface area contributed by atoms with Gasteiger partial charge in [0.05, 0.1) is 23.3 Å². The van der Waals surface area contributed by atoms with Crippen LogP contribution < -0.4 is 5.32 Å². The van der Waals surface area contributed by atoms with Gasteiger partial charge in [-0.3, -0.25) is 14.7 Å². The zero-order valence-electron chi connectivity index (χ0n) is 15.6. The maximum Gasteiger partial charge on any atom is 0.418 e.